The zero-order valence-electron chi connectivity index (χ0n) is 7.22. The Morgan fingerprint density at radius 1 is 1.40 bits per heavy atom. The van der Waals surface area contributed by atoms with Crippen LogP contribution in [0.4, 0.5) is 0 Å². The summed E-state index contributed by atoms with van der Waals surface area (Å²) in [5.41, 5.74) is 0. The molecule has 0 aliphatic rings. The number of hydrogen-bond acceptors (Lipinski definition) is 2. The van der Waals surface area contributed by atoms with Crippen molar-refractivity contribution in [2.45, 2.75) is 33.2 Å². The molecule has 0 radical (unpaired) electrons. The molecule has 1 atom stereocenters. The fourth-order valence-electron chi connectivity index (χ4n) is 1.10. The van der Waals surface area contributed by atoms with E-state index in [-0.39, 0.29) is 6.61 Å². The molecule has 0 aromatic rings. The number of aliphatic hydroxyl groups is 1. The fraction of sp³-hybridized carbons (Fsp3) is 1.00. The van der Waals surface area contributed by atoms with Gasteiger partial charge in [0.25, 0.3) is 0 Å². The number of nitrogens with one attached hydrogen (secondary N) is 1. The molecule has 62 valence electrons. The quantitative estimate of drug-likeness (QED) is 0.605. The van der Waals surface area contributed by atoms with Gasteiger partial charge in [-0.15, -0.1) is 0 Å². The summed E-state index contributed by atoms with van der Waals surface area (Å²) < 4.78 is 0. The smallest absolute Gasteiger partial charge is 0.0556 e. The summed E-state index contributed by atoms with van der Waals surface area (Å²) >= 11 is 0. The van der Waals surface area contributed by atoms with E-state index in [1.165, 1.54) is 0 Å². The maximum absolute atomic E-state index is 8.53. The predicted octanol–water partition coefficient (Wildman–Crippen LogP) is 1.00. The van der Waals surface area contributed by atoms with E-state index in [1.54, 1.807) is 0 Å². The SMILES string of the molecule is CCC(NCCO)C(C)C. The molecule has 0 saturated carbocycles. The van der Waals surface area contributed by atoms with Gasteiger partial charge in [0, 0.05) is 12.6 Å². The van der Waals surface area contributed by atoms with Gasteiger partial charge in [0.2, 0.25) is 0 Å². The molecule has 2 heteroatoms. The minimum absolute atomic E-state index is 0.239. The van der Waals surface area contributed by atoms with Crippen molar-refractivity contribution in [1.82, 2.24) is 5.32 Å². The number of aliphatic hydroxyl groups excluding tert-OH is 1. The topological polar surface area (TPSA) is 32.3 Å². The molecule has 0 bridgehead atoms. The van der Waals surface area contributed by atoms with Gasteiger partial charge in [0.05, 0.1) is 6.61 Å². The Bertz CT molecular complexity index is 73.7. The van der Waals surface area contributed by atoms with E-state index < -0.39 is 0 Å². The largest absolute Gasteiger partial charge is 0.395 e. The van der Waals surface area contributed by atoms with Crippen molar-refractivity contribution in [2.24, 2.45) is 5.92 Å². The number of hydrogen-bond donors (Lipinski definition) is 2. The second-order valence-corrected chi connectivity index (χ2v) is 2.94. The second-order valence-electron chi connectivity index (χ2n) is 2.94. The third-order valence-corrected chi connectivity index (χ3v) is 1.76. The second kappa shape index (κ2) is 5.69. The van der Waals surface area contributed by atoms with Gasteiger partial charge in [0.15, 0.2) is 0 Å². The Hall–Kier alpha value is -0.0800. The molecule has 1 unspecified atom stereocenters. The van der Waals surface area contributed by atoms with Gasteiger partial charge in [-0.25, -0.2) is 0 Å². The standard InChI is InChI=1S/C8H19NO/c1-4-8(7(2)3)9-5-6-10/h7-10H,4-6H2,1-3H3. The van der Waals surface area contributed by atoms with Crippen LogP contribution in [0.1, 0.15) is 27.2 Å². The molecule has 0 spiro atoms. The van der Waals surface area contributed by atoms with Crippen LogP contribution in [-0.4, -0.2) is 24.3 Å². The highest BCUT2D eigenvalue weighted by Gasteiger charge is 2.08. The van der Waals surface area contributed by atoms with E-state index in [0.717, 1.165) is 13.0 Å². The zero-order chi connectivity index (χ0) is 7.98. The van der Waals surface area contributed by atoms with Crippen LogP contribution in [0.3, 0.4) is 0 Å². The van der Waals surface area contributed by atoms with E-state index in [9.17, 15) is 0 Å². The lowest BCUT2D eigenvalue weighted by Crippen LogP contribution is -2.34. The van der Waals surface area contributed by atoms with Gasteiger partial charge in [-0.3, -0.25) is 0 Å². The zero-order valence-corrected chi connectivity index (χ0v) is 7.22. The van der Waals surface area contributed by atoms with Crippen molar-refractivity contribution in [1.29, 1.82) is 0 Å². The van der Waals surface area contributed by atoms with Crippen LogP contribution >= 0.6 is 0 Å². The summed E-state index contributed by atoms with van der Waals surface area (Å²) in [7, 11) is 0. The molecule has 0 fully saturated rings. The summed E-state index contributed by atoms with van der Waals surface area (Å²) in [6.45, 7) is 7.51. The van der Waals surface area contributed by atoms with E-state index in [2.05, 4.69) is 26.1 Å². The molecule has 10 heavy (non-hydrogen) atoms. The highest BCUT2D eigenvalue weighted by atomic mass is 16.3. The monoisotopic (exact) mass is 145 g/mol. The first-order valence-electron chi connectivity index (χ1n) is 4.06. The maximum atomic E-state index is 8.53. The van der Waals surface area contributed by atoms with E-state index in [4.69, 9.17) is 5.11 Å². The lowest BCUT2D eigenvalue weighted by molar-refractivity contribution is 0.271. The summed E-state index contributed by atoms with van der Waals surface area (Å²) in [5, 5.41) is 11.8. The molecule has 0 rings (SSSR count). The maximum Gasteiger partial charge on any atom is 0.0556 e. The van der Waals surface area contributed by atoms with Gasteiger partial charge in [-0.2, -0.15) is 0 Å². The van der Waals surface area contributed by atoms with Crippen molar-refractivity contribution in [2.75, 3.05) is 13.2 Å². The van der Waals surface area contributed by atoms with E-state index in [1.807, 2.05) is 0 Å². The lowest BCUT2D eigenvalue weighted by Gasteiger charge is -2.19. The first-order valence-corrected chi connectivity index (χ1v) is 4.06. The first-order chi connectivity index (χ1) is 4.72. The molecule has 0 saturated heterocycles. The van der Waals surface area contributed by atoms with Crippen LogP contribution in [0.15, 0.2) is 0 Å². The molecule has 0 aromatic heterocycles. The van der Waals surface area contributed by atoms with Crippen molar-refractivity contribution >= 4 is 0 Å². The highest BCUT2D eigenvalue weighted by molar-refractivity contribution is 4.67. The summed E-state index contributed by atoms with van der Waals surface area (Å²) in [4.78, 5) is 0. The highest BCUT2D eigenvalue weighted by Crippen LogP contribution is 2.03. The number of rotatable bonds is 5. The summed E-state index contributed by atoms with van der Waals surface area (Å²) in [5.74, 6) is 0.663. The van der Waals surface area contributed by atoms with Crippen LogP contribution in [0, 0.1) is 5.92 Å². The fourth-order valence-corrected chi connectivity index (χ4v) is 1.10. The first kappa shape index (κ1) is 9.92. The molecular weight excluding hydrogens is 126 g/mol. The van der Waals surface area contributed by atoms with Crippen molar-refractivity contribution < 1.29 is 5.11 Å². The molecule has 0 aliphatic heterocycles. The Morgan fingerprint density at radius 3 is 2.30 bits per heavy atom. The Morgan fingerprint density at radius 2 is 2.00 bits per heavy atom. The minimum Gasteiger partial charge on any atom is -0.395 e. The lowest BCUT2D eigenvalue weighted by atomic mass is 10.0. The normalized spacial score (nSPS) is 14.1. The van der Waals surface area contributed by atoms with Crippen LogP contribution < -0.4 is 5.32 Å². The molecule has 0 amide bonds. The van der Waals surface area contributed by atoms with Crippen LogP contribution in [-0.2, 0) is 0 Å². The average Bonchev–Trinajstić information content (AvgIpc) is 1.89. The molecule has 0 aliphatic carbocycles. The van der Waals surface area contributed by atoms with E-state index in [0.29, 0.717) is 12.0 Å². The van der Waals surface area contributed by atoms with Gasteiger partial charge >= 0.3 is 0 Å². The Balaban J connectivity index is 3.40. The molecule has 0 aromatic carbocycles. The van der Waals surface area contributed by atoms with Gasteiger partial charge in [-0.1, -0.05) is 20.8 Å². The Kier molecular flexibility index (Phi) is 5.64. The molecule has 2 N–H and O–H groups in total. The Labute approximate surface area is 63.6 Å². The van der Waals surface area contributed by atoms with Gasteiger partial charge in [0.1, 0.15) is 0 Å². The van der Waals surface area contributed by atoms with Crippen LogP contribution in [0.25, 0.3) is 0 Å². The summed E-state index contributed by atoms with van der Waals surface area (Å²) in [6.07, 6.45) is 1.14. The molecule has 2 nitrogen and oxygen atoms in total. The van der Waals surface area contributed by atoms with E-state index >= 15 is 0 Å². The van der Waals surface area contributed by atoms with Gasteiger partial charge < -0.3 is 10.4 Å². The van der Waals surface area contributed by atoms with Crippen molar-refractivity contribution in [3.05, 3.63) is 0 Å². The third kappa shape index (κ3) is 3.85. The van der Waals surface area contributed by atoms with Crippen molar-refractivity contribution in [3.8, 4) is 0 Å². The predicted molar refractivity (Wildman–Crippen MR) is 44.0 cm³/mol. The van der Waals surface area contributed by atoms with Crippen LogP contribution in [0.2, 0.25) is 0 Å². The van der Waals surface area contributed by atoms with Crippen LogP contribution in [0.5, 0.6) is 0 Å². The molecular formula is C8H19NO. The third-order valence-electron chi connectivity index (χ3n) is 1.76. The molecule has 0 heterocycles. The van der Waals surface area contributed by atoms with Crippen molar-refractivity contribution in [3.63, 3.8) is 0 Å². The average molecular weight is 145 g/mol. The summed E-state index contributed by atoms with van der Waals surface area (Å²) in [6, 6.07) is 0.562. The minimum atomic E-state index is 0.239. The van der Waals surface area contributed by atoms with Gasteiger partial charge in [-0.05, 0) is 12.3 Å².